The topological polar surface area (TPSA) is 71.2 Å². The molecule has 1 amide bonds. The van der Waals surface area contributed by atoms with Crippen LogP contribution in [0.25, 0.3) is 0 Å². The molecule has 2 unspecified atom stereocenters. The van der Waals surface area contributed by atoms with Crippen LogP contribution in [0.2, 0.25) is 0 Å². The molecule has 5 nitrogen and oxygen atoms in total. The van der Waals surface area contributed by atoms with Gasteiger partial charge in [0, 0.05) is 36.2 Å². The Hall–Kier alpha value is -1.62. The Morgan fingerprint density at radius 3 is 3.11 bits per heavy atom. The van der Waals surface area contributed by atoms with Crippen molar-refractivity contribution in [3.8, 4) is 0 Å². The monoisotopic (exact) mass is 260 g/mol. The number of rotatable bonds is 2. The van der Waals surface area contributed by atoms with Crippen LogP contribution in [0.3, 0.4) is 0 Å². The molecule has 2 saturated heterocycles. The smallest absolute Gasteiger partial charge is 0.255 e. The molecule has 3 heterocycles. The zero-order valence-electron chi connectivity index (χ0n) is 11.2. The second kappa shape index (κ2) is 4.81. The molecule has 0 spiro atoms. The molecule has 0 aliphatic carbocycles. The van der Waals surface area contributed by atoms with Gasteiger partial charge >= 0.3 is 0 Å². The summed E-state index contributed by atoms with van der Waals surface area (Å²) in [6.07, 6.45) is 5.04. The predicted octanol–water partition coefficient (Wildman–Crippen LogP) is 0.939. The maximum absolute atomic E-state index is 12.3. The third-order valence-corrected chi connectivity index (χ3v) is 4.24. The van der Waals surface area contributed by atoms with Crippen LogP contribution in [-0.4, -0.2) is 41.0 Å². The summed E-state index contributed by atoms with van der Waals surface area (Å²) in [6, 6.07) is 2.52. The Labute approximate surface area is 113 Å². The van der Waals surface area contributed by atoms with Crippen molar-refractivity contribution in [2.24, 2.45) is 0 Å². The lowest BCUT2D eigenvalue weighted by molar-refractivity contribution is 0.0930. The molecule has 1 aromatic rings. The van der Waals surface area contributed by atoms with Crippen molar-refractivity contribution in [2.75, 3.05) is 18.8 Å². The number of nitrogen functional groups attached to an aromatic ring is 1. The van der Waals surface area contributed by atoms with Gasteiger partial charge in [0.2, 0.25) is 0 Å². The molecule has 3 rings (SSSR count). The molecule has 2 aliphatic heterocycles. The van der Waals surface area contributed by atoms with E-state index in [2.05, 4.69) is 15.2 Å². The standard InChI is InChI=1S/C14H20N4O/c1-9-7-11(15)10(8-16-9)14(19)17-12-4-6-18-5-2-3-13(12)18/h7-8,12-13H,2-6H2,1H3,(H2,15,16)(H,17,19). The number of pyridine rings is 1. The van der Waals surface area contributed by atoms with Gasteiger partial charge in [-0.05, 0) is 38.8 Å². The van der Waals surface area contributed by atoms with Gasteiger partial charge in [0.05, 0.1) is 5.56 Å². The Morgan fingerprint density at radius 2 is 2.32 bits per heavy atom. The van der Waals surface area contributed by atoms with Crippen LogP contribution in [0.4, 0.5) is 5.69 Å². The molecular weight excluding hydrogens is 240 g/mol. The van der Waals surface area contributed by atoms with Crippen molar-refractivity contribution in [3.05, 3.63) is 23.5 Å². The minimum Gasteiger partial charge on any atom is -0.398 e. The zero-order valence-corrected chi connectivity index (χ0v) is 11.2. The molecule has 2 fully saturated rings. The molecule has 19 heavy (non-hydrogen) atoms. The summed E-state index contributed by atoms with van der Waals surface area (Å²) in [5, 5.41) is 3.13. The summed E-state index contributed by atoms with van der Waals surface area (Å²) in [7, 11) is 0. The Balaban J connectivity index is 1.71. The maximum Gasteiger partial charge on any atom is 0.255 e. The van der Waals surface area contributed by atoms with Crippen molar-refractivity contribution >= 4 is 11.6 Å². The van der Waals surface area contributed by atoms with Gasteiger partial charge < -0.3 is 11.1 Å². The highest BCUT2D eigenvalue weighted by Crippen LogP contribution is 2.28. The first kappa shape index (κ1) is 12.4. The molecule has 3 N–H and O–H groups in total. The third kappa shape index (κ3) is 2.30. The number of nitrogens with two attached hydrogens (primary N) is 1. The number of carbonyl (C=O) groups excluding carboxylic acids is 1. The van der Waals surface area contributed by atoms with Crippen LogP contribution in [0, 0.1) is 6.92 Å². The van der Waals surface area contributed by atoms with Gasteiger partial charge in [0.1, 0.15) is 0 Å². The van der Waals surface area contributed by atoms with E-state index < -0.39 is 0 Å². The van der Waals surface area contributed by atoms with Crippen molar-refractivity contribution in [3.63, 3.8) is 0 Å². The van der Waals surface area contributed by atoms with Crippen LogP contribution in [0.5, 0.6) is 0 Å². The molecule has 0 saturated carbocycles. The van der Waals surface area contributed by atoms with E-state index >= 15 is 0 Å². The van der Waals surface area contributed by atoms with Crippen molar-refractivity contribution < 1.29 is 4.79 Å². The van der Waals surface area contributed by atoms with Crippen LogP contribution >= 0.6 is 0 Å². The lowest BCUT2D eigenvalue weighted by Gasteiger charge is -2.21. The summed E-state index contributed by atoms with van der Waals surface area (Å²) in [6.45, 7) is 4.13. The average molecular weight is 260 g/mol. The number of aromatic nitrogens is 1. The summed E-state index contributed by atoms with van der Waals surface area (Å²) >= 11 is 0. The van der Waals surface area contributed by atoms with E-state index in [0.717, 1.165) is 18.7 Å². The van der Waals surface area contributed by atoms with Gasteiger partial charge in [-0.3, -0.25) is 14.7 Å². The van der Waals surface area contributed by atoms with E-state index in [-0.39, 0.29) is 11.9 Å². The largest absolute Gasteiger partial charge is 0.398 e. The number of hydrogen-bond acceptors (Lipinski definition) is 4. The zero-order chi connectivity index (χ0) is 13.4. The van der Waals surface area contributed by atoms with Gasteiger partial charge in [0.25, 0.3) is 5.91 Å². The van der Waals surface area contributed by atoms with Crippen molar-refractivity contribution in [1.82, 2.24) is 15.2 Å². The SMILES string of the molecule is Cc1cc(N)c(C(=O)NC2CCN3CCCC23)cn1. The Kier molecular flexibility index (Phi) is 3.14. The molecule has 5 heteroatoms. The number of carbonyl (C=O) groups is 1. The van der Waals surface area contributed by atoms with Crippen LogP contribution < -0.4 is 11.1 Å². The van der Waals surface area contributed by atoms with Gasteiger partial charge in [-0.25, -0.2) is 0 Å². The van der Waals surface area contributed by atoms with Gasteiger partial charge in [-0.1, -0.05) is 0 Å². The summed E-state index contributed by atoms with van der Waals surface area (Å²) in [5.41, 5.74) is 7.72. The number of anilines is 1. The van der Waals surface area contributed by atoms with Crippen molar-refractivity contribution in [1.29, 1.82) is 0 Å². The number of amides is 1. The first-order valence-electron chi connectivity index (χ1n) is 6.92. The number of hydrogen-bond donors (Lipinski definition) is 2. The van der Waals surface area contributed by atoms with Gasteiger partial charge in [-0.15, -0.1) is 0 Å². The summed E-state index contributed by atoms with van der Waals surface area (Å²) in [4.78, 5) is 18.9. The molecule has 2 aliphatic rings. The Bertz CT molecular complexity index is 502. The fourth-order valence-corrected chi connectivity index (χ4v) is 3.27. The number of aryl methyl sites for hydroxylation is 1. The fourth-order valence-electron chi connectivity index (χ4n) is 3.27. The summed E-state index contributed by atoms with van der Waals surface area (Å²) in [5.74, 6) is -0.0938. The number of nitrogens with one attached hydrogen (secondary N) is 1. The molecule has 0 bridgehead atoms. The minimum atomic E-state index is -0.0938. The van der Waals surface area contributed by atoms with Crippen LogP contribution in [0.15, 0.2) is 12.3 Å². The van der Waals surface area contributed by atoms with Gasteiger partial charge in [-0.2, -0.15) is 0 Å². The third-order valence-electron chi connectivity index (χ3n) is 4.24. The average Bonchev–Trinajstić information content (AvgIpc) is 2.94. The number of fused-ring (bicyclic) bond motifs is 1. The minimum absolute atomic E-state index is 0.0938. The maximum atomic E-state index is 12.3. The van der Waals surface area contributed by atoms with Crippen molar-refractivity contribution in [2.45, 2.75) is 38.3 Å². The molecule has 2 atom stereocenters. The quantitative estimate of drug-likeness (QED) is 0.830. The van der Waals surface area contributed by atoms with E-state index in [0.29, 0.717) is 17.3 Å². The molecule has 0 aromatic carbocycles. The first-order chi connectivity index (χ1) is 9.15. The Morgan fingerprint density at radius 1 is 1.47 bits per heavy atom. The van der Waals surface area contributed by atoms with Crippen LogP contribution in [0.1, 0.15) is 35.3 Å². The highest BCUT2D eigenvalue weighted by atomic mass is 16.1. The molecule has 102 valence electrons. The van der Waals surface area contributed by atoms with E-state index in [4.69, 9.17) is 5.73 Å². The summed E-state index contributed by atoms with van der Waals surface area (Å²) < 4.78 is 0. The lowest BCUT2D eigenvalue weighted by Crippen LogP contribution is -2.42. The second-order valence-corrected chi connectivity index (χ2v) is 5.53. The molecule has 1 aromatic heterocycles. The lowest BCUT2D eigenvalue weighted by atomic mass is 10.1. The van der Waals surface area contributed by atoms with E-state index in [9.17, 15) is 4.79 Å². The normalized spacial score (nSPS) is 26.4. The van der Waals surface area contributed by atoms with Gasteiger partial charge in [0.15, 0.2) is 0 Å². The van der Waals surface area contributed by atoms with E-state index in [1.54, 1.807) is 12.3 Å². The van der Waals surface area contributed by atoms with E-state index in [1.165, 1.54) is 19.4 Å². The number of nitrogens with zero attached hydrogens (tertiary/aromatic N) is 2. The fraction of sp³-hybridized carbons (Fsp3) is 0.571. The molecular formula is C14H20N4O. The highest BCUT2D eigenvalue weighted by Gasteiger charge is 2.37. The van der Waals surface area contributed by atoms with E-state index in [1.807, 2.05) is 6.92 Å². The first-order valence-corrected chi connectivity index (χ1v) is 6.92. The molecule has 0 radical (unpaired) electrons. The second-order valence-electron chi connectivity index (χ2n) is 5.53. The highest BCUT2D eigenvalue weighted by molar-refractivity contribution is 5.99. The predicted molar refractivity (Wildman–Crippen MR) is 73.9 cm³/mol. The van der Waals surface area contributed by atoms with Crippen LogP contribution in [-0.2, 0) is 0 Å².